The van der Waals surface area contributed by atoms with E-state index in [2.05, 4.69) is 17.5 Å². The van der Waals surface area contributed by atoms with Crippen LogP contribution in [-0.4, -0.2) is 35.3 Å². The minimum Gasteiger partial charge on any atom is -0.343 e. The van der Waals surface area contributed by atoms with E-state index < -0.39 is 0 Å². The third-order valence-electron chi connectivity index (χ3n) is 3.69. The van der Waals surface area contributed by atoms with Crippen LogP contribution in [-0.2, 0) is 9.59 Å². The van der Waals surface area contributed by atoms with Gasteiger partial charge in [0.05, 0.1) is 0 Å². The Balaban J connectivity index is 2.03. The van der Waals surface area contributed by atoms with E-state index in [1.54, 1.807) is 18.7 Å². The molecule has 0 aromatic heterocycles. The third-order valence-corrected chi connectivity index (χ3v) is 3.69. The van der Waals surface area contributed by atoms with E-state index in [0.717, 1.165) is 19.3 Å². The fourth-order valence-electron chi connectivity index (χ4n) is 2.53. The van der Waals surface area contributed by atoms with Crippen LogP contribution in [0.5, 0.6) is 0 Å². The van der Waals surface area contributed by atoms with Crippen molar-refractivity contribution in [2.24, 2.45) is 5.92 Å². The van der Waals surface area contributed by atoms with Crippen molar-refractivity contribution in [3.8, 4) is 0 Å². The minimum atomic E-state index is -0.377. The van der Waals surface area contributed by atoms with E-state index in [9.17, 15) is 9.59 Å². The Morgan fingerprint density at radius 1 is 1.35 bits per heavy atom. The summed E-state index contributed by atoms with van der Waals surface area (Å²) >= 11 is 0. The molecule has 4 nitrogen and oxygen atoms in total. The van der Waals surface area contributed by atoms with Crippen molar-refractivity contribution in [1.29, 1.82) is 0 Å². The summed E-state index contributed by atoms with van der Waals surface area (Å²) in [6.07, 6.45) is 7.59. The standard InChI is InChI=1S/C13H20N2O2/c1-9-13(17)15(10(2)12(16)14-9)8-11-6-4-3-5-7-11/h3-4,9-11H,5-8H2,1-2H3,(H,14,16). The predicted octanol–water partition coefficient (Wildman–Crippen LogP) is 1.08. The Hall–Kier alpha value is -1.32. The molecule has 3 atom stereocenters. The molecule has 1 heterocycles. The molecule has 17 heavy (non-hydrogen) atoms. The highest BCUT2D eigenvalue weighted by molar-refractivity contribution is 5.96. The smallest absolute Gasteiger partial charge is 0.245 e. The van der Waals surface area contributed by atoms with Gasteiger partial charge < -0.3 is 10.2 Å². The number of allylic oxidation sites excluding steroid dienone is 2. The van der Waals surface area contributed by atoms with Crippen molar-refractivity contribution in [2.75, 3.05) is 6.54 Å². The number of nitrogens with one attached hydrogen (secondary N) is 1. The van der Waals surface area contributed by atoms with E-state index >= 15 is 0 Å². The summed E-state index contributed by atoms with van der Waals surface area (Å²) in [7, 11) is 0. The second kappa shape index (κ2) is 4.90. The summed E-state index contributed by atoms with van der Waals surface area (Å²) in [4.78, 5) is 25.5. The molecule has 1 aliphatic heterocycles. The lowest BCUT2D eigenvalue weighted by Crippen LogP contribution is -2.62. The Labute approximate surface area is 102 Å². The molecular weight excluding hydrogens is 216 g/mol. The van der Waals surface area contributed by atoms with Crippen molar-refractivity contribution in [1.82, 2.24) is 10.2 Å². The number of rotatable bonds is 2. The molecule has 1 N–H and O–H groups in total. The van der Waals surface area contributed by atoms with E-state index in [0.29, 0.717) is 12.5 Å². The zero-order chi connectivity index (χ0) is 12.4. The quantitative estimate of drug-likeness (QED) is 0.729. The van der Waals surface area contributed by atoms with Gasteiger partial charge in [0.25, 0.3) is 0 Å². The van der Waals surface area contributed by atoms with Crippen LogP contribution in [0.25, 0.3) is 0 Å². The first-order valence-corrected chi connectivity index (χ1v) is 6.35. The van der Waals surface area contributed by atoms with Crippen LogP contribution in [0.1, 0.15) is 33.1 Å². The SMILES string of the molecule is CC1NC(=O)C(C)N(CC2CC=CCC2)C1=O. The van der Waals surface area contributed by atoms with Crippen molar-refractivity contribution >= 4 is 11.8 Å². The van der Waals surface area contributed by atoms with Crippen LogP contribution in [0.2, 0.25) is 0 Å². The van der Waals surface area contributed by atoms with Crippen LogP contribution in [0.3, 0.4) is 0 Å². The number of hydrogen-bond donors (Lipinski definition) is 1. The van der Waals surface area contributed by atoms with Crippen LogP contribution in [0, 0.1) is 5.92 Å². The van der Waals surface area contributed by atoms with Gasteiger partial charge in [-0.25, -0.2) is 0 Å². The fraction of sp³-hybridized carbons (Fsp3) is 0.692. The molecule has 4 heteroatoms. The monoisotopic (exact) mass is 236 g/mol. The molecule has 0 spiro atoms. The second-order valence-electron chi connectivity index (χ2n) is 5.05. The number of nitrogens with zero attached hydrogens (tertiary/aromatic N) is 1. The number of carbonyl (C=O) groups is 2. The van der Waals surface area contributed by atoms with Crippen LogP contribution < -0.4 is 5.32 Å². The maximum absolute atomic E-state index is 12.0. The van der Waals surface area contributed by atoms with Crippen LogP contribution in [0.15, 0.2) is 12.2 Å². The van der Waals surface area contributed by atoms with Gasteiger partial charge in [-0.05, 0) is 39.0 Å². The maximum Gasteiger partial charge on any atom is 0.245 e. The molecule has 1 saturated heterocycles. The number of carbonyl (C=O) groups excluding carboxylic acids is 2. The minimum absolute atomic E-state index is 0.0385. The Morgan fingerprint density at radius 3 is 2.76 bits per heavy atom. The van der Waals surface area contributed by atoms with Crippen molar-refractivity contribution in [3.63, 3.8) is 0 Å². The second-order valence-corrected chi connectivity index (χ2v) is 5.05. The molecular formula is C13H20N2O2. The van der Waals surface area contributed by atoms with Gasteiger partial charge in [-0.1, -0.05) is 12.2 Å². The van der Waals surface area contributed by atoms with Gasteiger partial charge in [0.15, 0.2) is 0 Å². The predicted molar refractivity (Wildman–Crippen MR) is 65.3 cm³/mol. The summed E-state index contributed by atoms with van der Waals surface area (Å²) < 4.78 is 0. The lowest BCUT2D eigenvalue weighted by Gasteiger charge is -2.38. The first kappa shape index (κ1) is 12.1. The molecule has 0 aromatic carbocycles. The molecule has 2 rings (SSSR count). The average molecular weight is 236 g/mol. The van der Waals surface area contributed by atoms with Crippen molar-refractivity contribution < 1.29 is 9.59 Å². The van der Waals surface area contributed by atoms with Crippen molar-refractivity contribution in [2.45, 2.75) is 45.2 Å². The van der Waals surface area contributed by atoms with Crippen molar-refractivity contribution in [3.05, 3.63) is 12.2 Å². The van der Waals surface area contributed by atoms with Crippen LogP contribution in [0.4, 0.5) is 0 Å². The molecule has 0 bridgehead atoms. The molecule has 2 aliphatic rings. The number of amides is 2. The highest BCUT2D eigenvalue weighted by Gasteiger charge is 2.36. The van der Waals surface area contributed by atoms with Gasteiger partial charge in [0, 0.05) is 6.54 Å². The van der Waals surface area contributed by atoms with Crippen LogP contribution >= 0.6 is 0 Å². The topological polar surface area (TPSA) is 49.4 Å². The van der Waals surface area contributed by atoms with Gasteiger partial charge in [-0.3, -0.25) is 9.59 Å². The number of hydrogen-bond acceptors (Lipinski definition) is 2. The summed E-state index contributed by atoms with van der Waals surface area (Å²) in [6, 6.07) is -0.706. The normalized spacial score (nSPS) is 33.8. The maximum atomic E-state index is 12.0. The van der Waals surface area contributed by atoms with E-state index in [1.165, 1.54) is 0 Å². The Morgan fingerprint density at radius 2 is 2.12 bits per heavy atom. The summed E-state index contributed by atoms with van der Waals surface area (Å²) in [5.74, 6) is 0.514. The summed E-state index contributed by atoms with van der Waals surface area (Å²) in [5.41, 5.74) is 0. The number of piperazine rings is 1. The third kappa shape index (κ3) is 2.51. The molecule has 2 amide bonds. The lowest BCUT2D eigenvalue weighted by atomic mass is 9.93. The van der Waals surface area contributed by atoms with Gasteiger partial charge in [-0.2, -0.15) is 0 Å². The highest BCUT2D eigenvalue weighted by Crippen LogP contribution is 2.21. The lowest BCUT2D eigenvalue weighted by molar-refractivity contribution is -0.148. The summed E-state index contributed by atoms with van der Waals surface area (Å²) in [5, 5.41) is 2.70. The van der Waals surface area contributed by atoms with E-state index in [-0.39, 0.29) is 23.9 Å². The zero-order valence-corrected chi connectivity index (χ0v) is 10.5. The average Bonchev–Trinajstić information content (AvgIpc) is 2.33. The highest BCUT2D eigenvalue weighted by atomic mass is 16.2. The Kier molecular flexibility index (Phi) is 3.50. The van der Waals surface area contributed by atoms with E-state index in [4.69, 9.17) is 0 Å². The fourth-order valence-corrected chi connectivity index (χ4v) is 2.53. The Bertz CT molecular complexity index is 351. The van der Waals surface area contributed by atoms with Gasteiger partial charge in [0.1, 0.15) is 12.1 Å². The summed E-state index contributed by atoms with van der Waals surface area (Å²) in [6.45, 7) is 4.26. The van der Waals surface area contributed by atoms with Gasteiger partial charge in [0.2, 0.25) is 11.8 Å². The molecule has 1 fully saturated rings. The van der Waals surface area contributed by atoms with E-state index in [1.807, 2.05) is 0 Å². The molecule has 3 unspecified atom stereocenters. The van der Waals surface area contributed by atoms with Gasteiger partial charge in [-0.15, -0.1) is 0 Å². The largest absolute Gasteiger partial charge is 0.343 e. The first-order chi connectivity index (χ1) is 8.09. The first-order valence-electron chi connectivity index (χ1n) is 6.35. The molecule has 1 aliphatic carbocycles. The molecule has 0 aromatic rings. The zero-order valence-electron chi connectivity index (χ0n) is 10.5. The molecule has 0 radical (unpaired) electrons. The molecule has 0 saturated carbocycles. The molecule has 94 valence electrons. The van der Waals surface area contributed by atoms with Gasteiger partial charge >= 0.3 is 0 Å².